The number of rotatable bonds is 6. The fourth-order valence-corrected chi connectivity index (χ4v) is 1.39. The Hall–Kier alpha value is -1.11. The van der Waals surface area contributed by atoms with E-state index in [4.69, 9.17) is 4.74 Å². The van der Waals surface area contributed by atoms with E-state index in [-0.39, 0.29) is 12.0 Å². The number of alkyl halides is 4. The number of hydrogen-bond donors (Lipinski definition) is 1. The lowest BCUT2D eigenvalue weighted by Crippen LogP contribution is -2.53. The Kier molecular flexibility index (Phi) is 5.55. The quantitative estimate of drug-likeness (QED) is 0.464. The molecule has 0 radical (unpaired) electrons. The molecule has 0 rings (SSSR count). The lowest BCUT2D eigenvalue weighted by atomic mass is 9.86. The van der Waals surface area contributed by atoms with Gasteiger partial charge in [-0.25, -0.2) is 9.18 Å². The first-order chi connectivity index (χ1) is 8.41. The number of aliphatic hydroxyl groups is 1. The molecule has 0 fully saturated rings. The van der Waals surface area contributed by atoms with Crippen molar-refractivity contribution in [3.8, 4) is 0 Å². The van der Waals surface area contributed by atoms with E-state index in [0.29, 0.717) is 0 Å². The van der Waals surface area contributed by atoms with Crippen LogP contribution in [-0.4, -0.2) is 35.1 Å². The van der Waals surface area contributed by atoms with E-state index in [9.17, 15) is 27.5 Å². The van der Waals surface area contributed by atoms with Gasteiger partial charge in [0.1, 0.15) is 12.3 Å². The summed E-state index contributed by atoms with van der Waals surface area (Å²) in [6, 6.07) is 0. The van der Waals surface area contributed by atoms with E-state index < -0.39 is 36.4 Å². The van der Waals surface area contributed by atoms with Gasteiger partial charge in [0.15, 0.2) is 5.60 Å². The number of halogens is 4. The summed E-state index contributed by atoms with van der Waals surface area (Å²) in [6.07, 6.45) is -6.23. The molecule has 0 aromatic heterocycles. The van der Waals surface area contributed by atoms with Crippen molar-refractivity contribution in [2.24, 2.45) is 0 Å². The fraction of sp³-hybridized carbons (Fsp3) is 0.750. The maximum Gasteiger partial charge on any atom is 0.419 e. The predicted molar refractivity (Wildman–Crippen MR) is 61.2 cm³/mol. The molecule has 2 atom stereocenters. The van der Waals surface area contributed by atoms with Crippen LogP contribution in [-0.2, 0) is 9.53 Å². The number of ether oxygens (including phenoxy) is 1. The second kappa shape index (κ2) is 5.90. The fourth-order valence-electron chi connectivity index (χ4n) is 1.39. The molecule has 3 nitrogen and oxygen atoms in total. The van der Waals surface area contributed by atoms with Crippen molar-refractivity contribution in [2.75, 3.05) is 6.67 Å². The van der Waals surface area contributed by atoms with Crippen molar-refractivity contribution >= 4 is 5.97 Å². The molecular weight excluding hydrogens is 268 g/mol. The second-order valence-electron chi connectivity index (χ2n) is 4.81. The van der Waals surface area contributed by atoms with Crippen LogP contribution < -0.4 is 0 Å². The Morgan fingerprint density at radius 1 is 1.37 bits per heavy atom. The van der Waals surface area contributed by atoms with Crippen LogP contribution in [0.1, 0.15) is 33.6 Å². The molecule has 0 spiro atoms. The molecule has 0 heterocycles. The predicted octanol–water partition coefficient (Wildman–Crippen LogP) is 2.93. The van der Waals surface area contributed by atoms with Crippen LogP contribution in [0.15, 0.2) is 12.2 Å². The third-order valence-electron chi connectivity index (χ3n) is 2.85. The average molecular weight is 286 g/mol. The number of carbonyl (C=O) groups is 1. The molecule has 2 unspecified atom stereocenters. The number of esters is 1. The Labute approximate surface area is 109 Å². The van der Waals surface area contributed by atoms with E-state index in [1.54, 1.807) is 0 Å². The van der Waals surface area contributed by atoms with Crippen LogP contribution in [0.4, 0.5) is 17.6 Å². The molecule has 0 aliphatic rings. The molecule has 0 aliphatic heterocycles. The molecule has 0 aromatic carbocycles. The van der Waals surface area contributed by atoms with Crippen molar-refractivity contribution < 1.29 is 32.2 Å². The summed E-state index contributed by atoms with van der Waals surface area (Å²) < 4.78 is 55.3. The summed E-state index contributed by atoms with van der Waals surface area (Å²) in [7, 11) is 0. The van der Waals surface area contributed by atoms with E-state index >= 15 is 0 Å². The molecular formula is C12H18F4O3. The molecule has 0 aliphatic carbocycles. The summed E-state index contributed by atoms with van der Waals surface area (Å²) >= 11 is 0. The van der Waals surface area contributed by atoms with Gasteiger partial charge in [-0.3, -0.25) is 0 Å². The molecule has 7 heteroatoms. The monoisotopic (exact) mass is 286 g/mol. The minimum atomic E-state index is -5.15. The highest BCUT2D eigenvalue weighted by Gasteiger charge is 2.57. The molecule has 0 saturated carbocycles. The van der Waals surface area contributed by atoms with E-state index in [1.165, 1.54) is 20.8 Å². The minimum absolute atomic E-state index is 0.00951. The highest BCUT2D eigenvalue weighted by Crippen LogP contribution is 2.39. The first kappa shape index (κ1) is 17.9. The van der Waals surface area contributed by atoms with Crippen molar-refractivity contribution in [1.29, 1.82) is 0 Å². The molecule has 0 saturated heterocycles. The van der Waals surface area contributed by atoms with E-state index in [0.717, 1.165) is 0 Å². The summed E-state index contributed by atoms with van der Waals surface area (Å²) in [5, 5.41) is 9.36. The Morgan fingerprint density at radius 3 is 2.11 bits per heavy atom. The van der Waals surface area contributed by atoms with Crippen molar-refractivity contribution in [3.05, 3.63) is 12.2 Å². The van der Waals surface area contributed by atoms with Gasteiger partial charge in [0.2, 0.25) is 0 Å². The van der Waals surface area contributed by atoms with Crippen molar-refractivity contribution in [2.45, 2.75) is 51.0 Å². The molecule has 0 aromatic rings. The number of carbonyl (C=O) groups excluding carboxylic acids is 1. The largest absolute Gasteiger partial charge is 0.456 e. The lowest BCUT2D eigenvalue weighted by Gasteiger charge is -2.37. The van der Waals surface area contributed by atoms with Crippen LogP contribution >= 0.6 is 0 Å². The Morgan fingerprint density at radius 2 is 1.84 bits per heavy atom. The SMILES string of the molecule is C=C(C)C(=O)OC(C)(CC)CC(O)(CF)C(F)(F)F. The molecule has 19 heavy (non-hydrogen) atoms. The smallest absolute Gasteiger partial charge is 0.419 e. The zero-order valence-corrected chi connectivity index (χ0v) is 11.1. The Balaban J connectivity index is 5.16. The van der Waals surface area contributed by atoms with Crippen LogP contribution in [0.3, 0.4) is 0 Å². The normalized spacial score (nSPS) is 18.3. The van der Waals surface area contributed by atoms with E-state index in [2.05, 4.69) is 6.58 Å². The van der Waals surface area contributed by atoms with Crippen LogP contribution in [0.2, 0.25) is 0 Å². The van der Waals surface area contributed by atoms with Gasteiger partial charge in [0.05, 0.1) is 0 Å². The van der Waals surface area contributed by atoms with Gasteiger partial charge < -0.3 is 9.84 Å². The minimum Gasteiger partial charge on any atom is -0.456 e. The summed E-state index contributed by atoms with van der Waals surface area (Å²) in [5.41, 5.74) is -5.16. The molecule has 112 valence electrons. The van der Waals surface area contributed by atoms with Gasteiger partial charge in [-0.05, 0) is 20.3 Å². The van der Waals surface area contributed by atoms with Crippen LogP contribution in [0.5, 0.6) is 0 Å². The average Bonchev–Trinajstić information content (AvgIpc) is 2.27. The topological polar surface area (TPSA) is 46.5 Å². The number of hydrogen-bond acceptors (Lipinski definition) is 3. The first-order valence-corrected chi connectivity index (χ1v) is 5.65. The summed E-state index contributed by atoms with van der Waals surface area (Å²) in [4.78, 5) is 11.4. The summed E-state index contributed by atoms with van der Waals surface area (Å²) in [6.45, 7) is 5.32. The van der Waals surface area contributed by atoms with Crippen LogP contribution in [0, 0.1) is 0 Å². The third-order valence-corrected chi connectivity index (χ3v) is 2.85. The maximum absolute atomic E-state index is 12.6. The van der Waals surface area contributed by atoms with Gasteiger partial charge in [-0.1, -0.05) is 13.5 Å². The zero-order valence-electron chi connectivity index (χ0n) is 11.1. The highest BCUT2D eigenvalue weighted by atomic mass is 19.4. The highest BCUT2D eigenvalue weighted by molar-refractivity contribution is 5.87. The maximum atomic E-state index is 12.6. The van der Waals surface area contributed by atoms with Gasteiger partial charge in [0, 0.05) is 12.0 Å². The molecule has 1 N–H and O–H groups in total. The second-order valence-corrected chi connectivity index (χ2v) is 4.81. The van der Waals surface area contributed by atoms with Gasteiger partial charge in [0.25, 0.3) is 0 Å². The van der Waals surface area contributed by atoms with Crippen molar-refractivity contribution in [1.82, 2.24) is 0 Å². The Bertz CT molecular complexity index is 353. The lowest BCUT2D eigenvalue weighted by molar-refractivity contribution is -0.279. The van der Waals surface area contributed by atoms with Crippen molar-refractivity contribution in [3.63, 3.8) is 0 Å². The van der Waals surface area contributed by atoms with Crippen LogP contribution in [0.25, 0.3) is 0 Å². The third kappa shape index (κ3) is 4.49. The molecule has 0 bridgehead atoms. The van der Waals surface area contributed by atoms with Gasteiger partial charge in [-0.15, -0.1) is 0 Å². The standard InChI is InChI=1S/C12H18F4O3/c1-5-10(4,19-9(17)8(2)3)6-11(18,7-13)12(14,15)16/h18H,2,5-7H2,1,3-4H3. The molecule has 0 amide bonds. The van der Waals surface area contributed by atoms with E-state index in [1.807, 2.05) is 0 Å². The van der Waals surface area contributed by atoms with Gasteiger partial charge in [-0.2, -0.15) is 13.2 Å². The first-order valence-electron chi connectivity index (χ1n) is 5.65. The summed E-state index contributed by atoms with van der Waals surface area (Å²) in [5.74, 6) is -0.882. The zero-order chi connectivity index (χ0) is 15.5. The van der Waals surface area contributed by atoms with Gasteiger partial charge >= 0.3 is 12.1 Å².